The summed E-state index contributed by atoms with van der Waals surface area (Å²) in [6, 6.07) is 5.10. The number of benzene rings is 1. The summed E-state index contributed by atoms with van der Waals surface area (Å²) in [4.78, 5) is 26.0. The molecular weight excluding hydrogens is 296 g/mol. The van der Waals surface area contributed by atoms with Gasteiger partial charge in [-0.2, -0.15) is 0 Å². The highest BCUT2D eigenvalue weighted by molar-refractivity contribution is 6.03. The van der Waals surface area contributed by atoms with E-state index in [1.165, 1.54) is 7.11 Å². The molecule has 1 atom stereocenters. The van der Waals surface area contributed by atoms with Crippen molar-refractivity contribution >= 4 is 17.5 Å². The fraction of sp³-hybridized carbons (Fsp3) is 0.529. The lowest BCUT2D eigenvalue weighted by Gasteiger charge is -2.30. The van der Waals surface area contributed by atoms with Crippen molar-refractivity contribution in [2.75, 3.05) is 32.6 Å². The first-order valence-electron chi connectivity index (χ1n) is 7.83. The molecule has 1 unspecified atom stereocenters. The predicted octanol–water partition coefficient (Wildman–Crippen LogP) is 2.29. The molecule has 1 aromatic rings. The number of carbonyl (C=O) groups excluding carboxylic acids is 2. The number of hydrogen-bond acceptors (Lipinski definition) is 4. The molecule has 1 aliphatic heterocycles. The Bertz CT molecular complexity index is 574. The molecule has 1 fully saturated rings. The number of ether oxygens (including phenoxy) is 2. The van der Waals surface area contributed by atoms with Crippen LogP contribution in [0.15, 0.2) is 18.2 Å². The third-order valence-corrected chi connectivity index (χ3v) is 3.99. The summed E-state index contributed by atoms with van der Waals surface area (Å²) in [5.74, 6) is 1.18. The summed E-state index contributed by atoms with van der Waals surface area (Å²) in [7, 11) is 3.08. The van der Waals surface area contributed by atoms with E-state index in [0.717, 1.165) is 25.9 Å². The fourth-order valence-electron chi connectivity index (χ4n) is 2.78. The Hall–Kier alpha value is -2.24. The zero-order chi connectivity index (χ0) is 16.8. The van der Waals surface area contributed by atoms with Crippen LogP contribution in [0.5, 0.6) is 11.5 Å². The first-order chi connectivity index (χ1) is 11.0. The SMILES string of the molecule is COc1ccc(NC(=O)CC(=O)N2CCCC(C)C2)cc1OC. The van der Waals surface area contributed by atoms with E-state index in [4.69, 9.17) is 9.47 Å². The van der Waals surface area contributed by atoms with Gasteiger partial charge in [0.15, 0.2) is 11.5 Å². The maximum Gasteiger partial charge on any atom is 0.233 e. The van der Waals surface area contributed by atoms with Crippen LogP contribution in [0.2, 0.25) is 0 Å². The topological polar surface area (TPSA) is 67.9 Å². The maximum absolute atomic E-state index is 12.2. The molecule has 2 amide bonds. The molecule has 0 aromatic heterocycles. The Morgan fingerprint density at radius 3 is 2.65 bits per heavy atom. The Labute approximate surface area is 136 Å². The predicted molar refractivity (Wildman–Crippen MR) is 87.8 cm³/mol. The molecule has 23 heavy (non-hydrogen) atoms. The van der Waals surface area contributed by atoms with Crippen molar-refractivity contribution in [3.05, 3.63) is 18.2 Å². The average molecular weight is 320 g/mol. The normalized spacial score (nSPS) is 17.5. The average Bonchev–Trinajstić information content (AvgIpc) is 2.54. The van der Waals surface area contributed by atoms with Crippen LogP contribution in [-0.4, -0.2) is 44.0 Å². The molecule has 0 saturated carbocycles. The molecule has 2 rings (SSSR count). The molecule has 126 valence electrons. The summed E-state index contributed by atoms with van der Waals surface area (Å²) >= 11 is 0. The van der Waals surface area contributed by atoms with Gasteiger partial charge in [0.25, 0.3) is 0 Å². The van der Waals surface area contributed by atoms with Crippen LogP contribution in [-0.2, 0) is 9.59 Å². The molecule has 1 aliphatic rings. The fourth-order valence-corrected chi connectivity index (χ4v) is 2.78. The van der Waals surface area contributed by atoms with Crippen LogP contribution in [0.4, 0.5) is 5.69 Å². The van der Waals surface area contributed by atoms with Gasteiger partial charge in [0.2, 0.25) is 11.8 Å². The highest BCUT2D eigenvalue weighted by Crippen LogP contribution is 2.29. The Morgan fingerprint density at radius 2 is 2.00 bits per heavy atom. The largest absolute Gasteiger partial charge is 0.493 e. The van der Waals surface area contributed by atoms with Crippen molar-refractivity contribution in [3.63, 3.8) is 0 Å². The summed E-state index contributed by atoms with van der Waals surface area (Å²) in [5.41, 5.74) is 0.576. The van der Waals surface area contributed by atoms with E-state index < -0.39 is 0 Å². The van der Waals surface area contributed by atoms with Crippen LogP contribution in [0, 0.1) is 5.92 Å². The Kier molecular flexibility index (Phi) is 5.84. The molecule has 0 spiro atoms. The van der Waals surface area contributed by atoms with Crippen molar-refractivity contribution < 1.29 is 19.1 Å². The summed E-state index contributed by atoms with van der Waals surface area (Å²) < 4.78 is 10.3. The van der Waals surface area contributed by atoms with E-state index in [2.05, 4.69) is 12.2 Å². The van der Waals surface area contributed by atoms with E-state index >= 15 is 0 Å². The van der Waals surface area contributed by atoms with Crippen molar-refractivity contribution in [1.29, 1.82) is 0 Å². The van der Waals surface area contributed by atoms with Gasteiger partial charge in [-0.05, 0) is 30.9 Å². The molecule has 1 N–H and O–H groups in total. The molecule has 0 aliphatic carbocycles. The van der Waals surface area contributed by atoms with Crippen molar-refractivity contribution in [3.8, 4) is 11.5 Å². The van der Waals surface area contributed by atoms with E-state index in [1.54, 1.807) is 30.2 Å². The lowest BCUT2D eigenvalue weighted by Crippen LogP contribution is -2.40. The summed E-state index contributed by atoms with van der Waals surface area (Å²) in [6.45, 7) is 3.61. The minimum Gasteiger partial charge on any atom is -0.493 e. The van der Waals surface area contributed by atoms with Crippen LogP contribution in [0.25, 0.3) is 0 Å². The van der Waals surface area contributed by atoms with Crippen molar-refractivity contribution in [2.24, 2.45) is 5.92 Å². The highest BCUT2D eigenvalue weighted by atomic mass is 16.5. The first-order valence-corrected chi connectivity index (χ1v) is 7.83. The highest BCUT2D eigenvalue weighted by Gasteiger charge is 2.22. The van der Waals surface area contributed by atoms with Gasteiger partial charge in [-0.15, -0.1) is 0 Å². The maximum atomic E-state index is 12.2. The van der Waals surface area contributed by atoms with E-state index in [-0.39, 0.29) is 18.2 Å². The van der Waals surface area contributed by atoms with Crippen LogP contribution in [0.1, 0.15) is 26.2 Å². The Morgan fingerprint density at radius 1 is 1.26 bits per heavy atom. The number of piperidine rings is 1. The summed E-state index contributed by atoms with van der Waals surface area (Å²) in [6.07, 6.45) is 2.01. The van der Waals surface area contributed by atoms with Gasteiger partial charge in [0, 0.05) is 24.8 Å². The number of anilines is 1. The second-order valence-corrected chi connectivity index (χ2v) is 5.88. The van der Waals surface area contributed by atoms with Gasteiger partial charge >= 0.3 is 0 Å². The van der Waals surface area contributed by atoms with Crippen LogP contribution < -0.4 is 14.8 Å². The standard InChI is InChI=1S/C17H24N2O4/c1-12-5-4-8-19(11-12)17(21)10-16(20)18-13-6-7-14(22-2)15(9-13)23-3/h6-7,9,12H,4-5,8,10-11H2,1-3H3,(H,18,20). The van der Waals surface area contributed by atoms with Gasteiger partial charge in [0.05, 0.1) is 14.2 Å². The molecule has 0 radical (unpaired) electrons. The first kappa shape index (κ1) is 17.1. The van der Waals surface area contributed by atoms with Crippen LogP contribution >= 0.6 is 0 Å². The number of nitrogens with one attached hydrogen (secondary N) is 1. The van der Waals surface area contributed by atoms with E-state index in [1.807, 2.05) is 0 Å². The number of methoxy groups -OCH3 is 2. The monoisotopic (exact) mass is 320 g/mol. The number of nitrogens with zero attached hydrogens (tertiary/aromatic N) is 1. The van der Waals surface area contributed by atoms with Crippen molar-refractivity contribution in [1.82, 2.24) is 4.90 Å². The number of amides is 2. The quantitative estimate of drug-likeness (QED) is 0.845. The molecule has 6 heteroatoms. The smallest absolute Gasteiger partial charge is 0.233 e. The van der Waals surface area contributed by atoms with Gasteiger partial charge in [-0.1, -0.05) is 6.92 Å². The zero-order valence-corrected chi connectivity index (χ0v) is 13.9. The number of likely N-dealkylation sites (tertiary alicyclic amines) is 1. The summed E-state index contributed by atoms with van der Waals surface area (Å²) in [5, 5.41) is 2.73. The molecule has 1 saturated heterocycles. The number of rotatable bonds is 5. The zero-order valence-electron chi connectivity index (χ0n) is 13.9. The lowest BCUT2D eigenvalue weighted by atomic mass is 10.00. The number of carbonyl (C=O) groups is 2. The molecule has 0 bridgehead atoms. The Balaban J connectivity index is 1.92. The third kappa shape index (κ3) is 4.61. The van der Waals surface area contributed by atoms with Gasteiger partial charge < -0.3 is 19.7 Å². The lowest BCUT2D eigenvalue weighted by molar-refractivity contribution is -0.136. The second kappa shape index (κ2) is 7.85. The third-order valence-electron chi connectivity index (χ3n) is 3.99. The molecule has 1 heterocycles. The van der Waals surface area contributed by atoms with Crippen molar-refractivity contribution in [2.45, 2.75) is 26.2 Å². The van der Waals surface area contributed by atoms with E-state index in [0.29, 0.717) is 23.1 Å². The number of hydrogen-bond donors (Lipinski definition) is 1. The minimum absolute atomic E-state index is 0.116. The second-order valence-electron chi connectivity index (χ2n) is 5.88. The molecular formula is C17H24N2O4. The van der Waals surface area contributed by atoms with Gasteiger partial charge in [0.1, 0.15) is 6.42 Å². The van der Waals surface area contributed by atoms with Gasteiger partial charge in [-0.25, -0.2) is 0 Å². The molecule has 1 aromatic carbocycles. The molecule has 6 nitrogen and oxygen atoms in total. The van der Waals surface area contributed by atoms with Gasteiger partial charge in [-0.3, -0.25) is 9.59 Å². The minimum atomic E-state index is -0.319. The van der Waals surface area contributed by atoms with E-state index in [9.17, 15) is 9.59 Å². The van der Waals surface area contributed by atoms with Crippen LogP contribution in [0.3, 0.4) is 0 Å².